The monoisotopic (exact) mass is 299 g/mol. The molecule has 112 valence electrons. The first-order valence-electron chi connectivity index (χ1n) is 6.67. The van der Waals surface area contributed by atoms with Crippen LogP contribution in [0.1, 0.15) is 40.0 Å². The zero-order valence-corrected chi connectivity index (χ0v) is 13.2. The van der Waals surface area contributed by atoms with E-state index in [-0.39, 0.29) is 17.8 Å². The smallest absolute Gasteiger partial charge is 0.312 e. The molecule has 20 heavy (non-hydrogen) atoms. The Labute approximate surface area is 123 Å². The maximum absolute atomic E-state index is 12.3. The molecule has 2 fully saturated rings. The van der Waals surface area contributed by atoms with Gasteiger partial charge in [0.2, 0.25) is 11.8 Å². The topological polar surface area (TPSA) is 72.5 Å². The maximum Gasteiger partial charge on any atom is 0.312 e. The predicted molar refractivity (Wildman–Crippen MR) is 75.8 cm³/mol. The molecule has 1 heterocycles. The minimum atomic E-state index is -0.787. The van der Waals surface area contributed by atoms with E-state index in [1.54, 1.807) is 6.92 Å². The van der Waals surface area contributed by atoms with Gasteiger partial charge in [0.05, 0.1) is 5.41 Å². The minimum Gasteiger partial charge on any atom is -0.454 e. The SMILES string of the molecule is CSCOC(=O)C1(C)CC2(C)CC(C)(C1)C(=O)NC2=O. The van der Waals surface area contributed by atoms with Crippen molar-refractivity contribution in [2.45, 2.75) is 40.0 Å². The Morgan fingerprint density at radius 2 is 1.65 bits per heavy atom. The van der Waals surface area contributed by atoms with Gasteiger partial charge in [-0.2, -0.15) is 0 Å². The van der Waals surface area contributed by atoms with Gasteiger partial charge in [-0.1, -0.05) is 13.8 Å². The summed E-state index contributed by atoms with van der Waals surface area (Å²) in [6.45, 7) is 5.45. The molecule has 2 bridgehead atoms. The summed E-state index contributed by atoms with van der Waals surface area (Å²) in [5.41, 5.74) is -2.16. The van der Waals surface area contributed by atoms with E-state index in [1.165, 1.54) is 11.8 Å². The third-order valence-corrected chi connectivity index (χ3v) is 4.82. The third-order valence-electron chi connectivity index (χ3n) is 4.47. The lowest BCUT2D eigenvalue weighted by molar-refractivity contribution is -0.173. The molecule has 2 aliphatic rings. The molecule has 5 nitrogen and oxygen atoms in total. The number of hydrogen-bond acceptors (Lipinski definition) is 5. The number of amides is 2. The van der Waals surface area contributed by atoms with Gasteiger partial charge in [-0.25, -0.2) is 0 Å². The molecular weight excluding hydrogens is 278 g/mol. The highest BCUT2D eigenvalue weighted by atomic mass is 32.2. The van der Waals surface area contributed by atoms with E-state index in [4.69, 9.17) is 4.74 Å². The molecule has 2 unspecified atom stereocenters. The van der Waals surface area contributed by atoms with Crippen molar-refractivity contribution in [1.29, 1.82) is 0 Å². The van der Waals surface area contributed by atoms with Crippen LogP contribution in [0.5, 0.6) is 0 Å². The number of thioether (sulfide) groups is 1. The van der Waals surface area contributed by atoms with Crippen molar-refractivity contribution in [3.05, 3.63) is 0 Å². The highest BCUT2D eigenvalue weighted by Gasteiger charge is 2.61. The van der Waals surface area contributed by atoms with Crippen molar-refractivity contribution in [2.24, 2.45) is 16.2 Å². The van der Waals surface area contributed by atoms with Crippen molar-refractivity contribution in [2.75, 3.05) is 12.2 Å². The van der Waals surface area contributed by atoms with Crippen LogP contribution in [0.2, 0.25) is 0 Å². The molecule has 1 aliphatic carbocycles. The van der Waals surface area contributed by atoms with Crippen LogP contribution in [-0.4, -0.2) is 30.0 Å². The average molecular weight is 299 g/mol. The fourth-order valence-corrected chi connectivity index (χ4v) is 4.15. The maximum atomic E-state index is 12.3. The summed E-state index contributed by atoms with van der Waals surface area (Å²) in [4.78, 5) is 36.6. The molecule has 6 heteroatoms. The lowest BCUT2D eigenvalue weighted by atomic mass is 9.52. The highest BCUT2D eigenvalue weighted by Crippen LogP contribution is 2.56. The second kappa shape index (κ2) is 4.76. The van der Waals surface area contributed by atoms with E-state index in [1.807, 2.05) is 20.1 Å². The van der Waals surface area contributed by atoms with Crippen LogP contribution < -0.4 is 5.32 Å². The summed E-state index contributed by atoms with van der Waals surface area (Å²) in [6, 6.07) is 0. The van der Waals surface area contributed by atoms with Gasteiger partial charge in [-0.15, -0.1) is 11.8 Å². The van der Waals surface area contributed by atoms with Crippen LogP contribution >= 0.6 is 11.8 Å². The molecule has 1 saturated carbocycles. The minimum absolute atomic E-state index is 0.274. The quantitative estimate of drug-likeness (QED) is 0.488. The zero-order chi connectivity index (χ0) is 15.2. The first-order valence-corrected chi connectivity index (χ1v) is 8.07. The Balaban J connectivity index is 2.32. The lowest BCUT2D eigenvalue weighted by Crippen LogP contribution is -2.62. The molecule has 0 aromatic heterocycles. The van der Waals surface area contributed by atoms with Crippen LogP contribution in [0.3, 0.4) is 0 Å². The molecule has 0 radical (unpaired) electrons. The first-order chi connectivity index (χ1) is 9.15. The van der Waals surface area contributed by atoms with Crippen LogP contribution in [-0.2, 0) is 19.1 Å². The Morgan fingerprint density at radius 1 is 1.15 bits per heavy atom. The molecule has 2 rings (SSSR count). The number of nitrogens with one attached hydrogen (secondary N) is 1. The number of fused-ring (bicyclic) bond motifs is 2. The van der Waals surface area contributed by atoms with Crippen LogP contribution in [0.4, 0.5) is 0 Å². The van der Waals surface area contributed by atoms with Crippen molar-refractivity contribution in [3.63, 3.8) is 0 Å². The number of ether oxygens (including phenoxy) is 1. The molecule has 1 saturated heterocycles. The van der Waals surface area contributed by atoms with Crippen molar-refractivity contribution < 1.29 is 19.1 Å². The molecular formula is C14H21NO4S. The molecule has 1 N–H and O–H groups in total. The van der Waals surface area contributed by atoms with Crippen LogP contribution in [0.15, 0.2) is 0 Å². The van der Waals surface area contributed by atoms with Crippen LogP contribution in [0, 0.1) is 16.2 Å². The summed E-state index contributed by atoms with van der Waals surface area (Å²) in [7, 11) is 0. The highest BCUT2D eigenvalue weighted by molar-refractivity contribution is 7.98. The second-order valence-electron chi connectivity index (χ2n) is 6.83. The standard InChI is InChI=1S/C14H21NO4S/c1-12-5-13(2,10(17)15-9(12)16)7-14(3,6-12)11(18)19-8-20-4/h5-8H2,1-4H3,(H,15,16,17). The van der Waals surface area contributed by atoms with E-state index in [0.29, 0.717) is 25.2 Å². The lowest BCUT2D eigenvalue weighted by Gasteiger charge is -2.52. The number of carbonyl (C=O) groups is 3. The molecule has 2 atom stereocenters. The predicted octanol–water partition coefficient (Wildman–Crippen LogP) is 1.71. The van der Waals surface area contributed by atoms with E-state index in [9.17, 15) is 14.4 Å². The molecule has 0 aromatic rings. The van der Waals surface area contributed by atoms with Gasteiger partial charge in [0.25, 0.3) is 0 Å². The summed E-state index contributed by atoms with van der Waals surface area (Å²) < 4.78 is 5.24. The summed E-state index contributed by atoms with van der Waals surface area (Å²) in [5.74, 6) is -0.569. The van der Waals surface area contributed by atoms with Gasteiger partial charge in [0.15, 0.2) is 0 Å². The van der Waals surface area contributed by atoms with Crippen molar-refractivity contribution in [3.8, 4) is 0 Å². The molecule has 1 aliphatic heterocycles. The summed E-state index contributed by atoms with van der Waals surface area (Å²) in [6.07, 6.45) is 3.19. The van der Waals surface area contributed by atoms with E-state index in [0.717, 1.165) is 0 Å². The Hall–Kier alpha value is -1.04. The number of esters is 1. The van der Waals surface area contributed by atoms with E-state index in [2.05, 4.69) is 5.32 Å². The average Bonchev–Trinajstić information content (AvgIpc) is 2.32. The number of rotatable bonds is 3. The van der Waals surface area contributed by atoms with Gasteiger partial charge in [-0.3, -0.25) is 19.7 Å². The Kier molecular flexibility index (Phi) is 3.65. The Morgan fingerprint density at radius 3 is 2.10 bits per heavy atom. The molecule has 0 spiro atoms. The van der Waals surface area contributed by atoms with E-state index >= 15 is 0 Å². The first kappa shape index (κ1) is 15.4. The van der Waals surface area contributed by atoms with Crippen molar-refractivity contribution in [1.82, 2.24) is 5.32 Å². The fraction of sp³-hybridized carbons (Fsp3) is 0.786. The van der Waals surface area contributed by atoms with E-state index < -0.39 is 16.2 Å². The zero-order valence-electron chi connectivity index (χ0n) is 12.4. The van der Waals surface area contributed by atoms with Gasteiger partial charge in [0.1, 0.15) is 5.94 Å². The number of carbonyl (C=O) groups excluding carboxylic acids is 3. The fourth-order valence-electron chi connectivity index (χ4n) is 3.93. The summed E-state index contributed by atoms with van der Waals surface area (Å²) >= 11 is 1.42. The summed E-state index contributed by atoms with van der Waals surface area (Å²) in [5, 5.41) is 2.45. The van der Waals surface area contributed by atoms with Crippen LogP contribution in [0.25, 0.3) is 0 Å². The van der Waals surface area contributed by atoms with Gasteiger partial charge in [0, 0.05) is 10.8 Å². The number of hydrogen-bond donors (Lipinski definition) is 1. The van der Waals surface area contributed by atoms with Gasteiger partial charge >= 0.3 is 5.97 Å². The van der Waals surface area contributed by atoms with Gasteiger partial charge in [-0.05, 0) is 32.4 Å². The largest absolute Gasteiger partial charge is 0.454 e. The van der Waals surface area contributed by atoms with Gasteiger partial charge < -0.3 is 4.74 Å². The molecule has 0 aromatic carbocycles. The number of piperidine rings is 1. The second-order valence-corrected chi connectivity index (χ2v) is 7.65. The number of imide groups is 1. The third kappa shape index (κ3) is 2.34. The molecule has 2 amide bonds. The normalized spacial score (nSPS) is 40.2. The van der Waals surface area contributed by atoms with Crippen molar-refractivity contribution >= 4 is 29.5 Å². The Bertz CT molecular complexity index is 450.